The molecule has 0 aliphatic heterocycles. The summed E-state index contributed by atoms with van der Waals surface area (Å²) in [4.78, 5) is 22.4. The van der Waals surface area contributed by atoms with Crippen molar-refractivity contribution < 1.29 is 14.3 Å². The van der Waals surface area contributed by atoms with Crippen molar-refractivity contribution in [1.82, 2.24) is 0 Å². The van der Waals surface area contributed by atoms with Gasteiger partial charge in [-0.25, -0.2) is 0 Å². The Hall–Kier alpha value is -1.64. The maximum atomic E-state index is 11.7. The van der Waals surface area contributed by atoms with Gasteiger partial charge in [0, 0.05) is 18.4 Å². The first kappa shape index (κ1) is 9.90. The Morgan fingerprint density at radius 3 is 2.67 bits per heavy atom. The lowest BCUT2D eigenvalue weighted by Gasteiger charge is -2.03. The van der Waals surface area contributed by atoms with Gasteiger partial charge in [0.15, 0.2) is 5.78 Å². The Labute approximate surface area is 88.1 Å². The number of ether oxygens (including phenoxy) is 1. The van der Waals surface area contributed by atoms with Crippen molar-refractivity contribution in [3.05, 3.63) is 29.8 Å². The van der Waals surface area contributed by atoms with Crippen LogP contribution in [0.2, 0.25) is 0 Å². The molecule has 1 aliphatic rings. The zero-order chi connectivity index (χ0) is 10.8. The first-order chi connectivity index (χ1) is 7.16. The van der Waals surface area contributed by atoms with Crippen LogP contribution in [0, 0.1) is 5.92 Å². The number of carbonyl (C=O) groups is 2. The van der Waals surface area contributed by atoms with Crippen LogP contribution in [0.15, 0.2) is 24.3 Å². The second kappa shape index (κ2) is 3.85. The van der Waals surface area contributed by atoms with Crippen molar-refractivity contribution in [1.29, 1.82) is 0 Å². The van der Waals surface area contributed by atoms with Gasteiger partial charge >= 0.3 is 5.97 Å². The van der Waals surface area contributed by atoms with Crippen molar-refractivity contribution in [3.8, 4) is 5.75 Å². The lowest BCUT2D eigenvalue weighted by molar-refractivity contribution is -0.131. The molecule has 1 fully saturated rings. The van der Waals surface area contributed by atoms with Crippen molar-refractivity contribution in [2.24, 2.45) is 5.92 Å². The first-order valence-electron chi connectivity index (χ1n) is 4.99. The van der Waals surface area contributed by atoms with E-state index in [1.165, 1.54) is 6.92 Å². The molecular weight excluding hydrogens is 192 g/mol. The van der Waals surface area contributed by atoms with Crippen molar-refractivity contribution in [2.75, 3.05) is 0 Å². The van der Waals surface area contributed by atoms with Gasteiger partial charge in [-0.15, -0.1) is 0 Å². The Bertz CT molecular complexity index is 405. The molecule has 1 aromatic rings. The van der Waals surface area contributed by atoms with E-state index in [2.05, 4.69) is 0 Å². The smallest absolute Gasteiger partial charge is 0.308 e. The highest BCUT2D eigenvalue weighted by molar-refractivity contribution is 5.99. The van der Waals surface area contributed by atoms with Crippen LogP contribution in [0.1, 0.15) is 30.1 Å². The monoisotopic (exact) mass is 204 g/mol. The van der Waals surface area contributed by atoms with Gasteiger partial charge in [0.1, 0.15) is 5.75 Å². The van der Waals surface area contributed by atoms with Crippen LogP contribution in [0.25, 0.3) is 0 Å². The second-order valence-electron chi connectivity index (χ2n) is 3.76. The molecule has 0 aromatic heterocycles. The number of esters is 1. The summed E-state index contributed by atoms with van der Waals surface area (Å²) in [5, 5.41) is 0. The average molecular weight is 204 g/mol. The summed E-state index contributed by atoms with van der Waals surface area (Å²) in [6, 6.07) is 6.79. The van der Waals surface area contributed by atoms with E-state index in [9.17, 15) is 9.59 Å². The third-order valence-electron chi connectivity index (χ3n) is 2.33. The highest BCUT2D eigenvalue weighted by Gasteiger charge is 2.30. The number of carbonyl (C=O) groups excluding carboxylic acids is 2. The van der Waals surface area contributed by atoms with E-state index in [0.29, 0.717) is 11.3 Å². The zero-order valence-corrected chi connectivity index (χ0v) is 8.53. The molecule has 0 spiro atoms. The molecule has 1 aliphatic carbocycles. The predicted octanol–water partition coefficient (Wildman–Crippen LogP) is 2.20. The normalized spacial score (nSPS) is 14.7. The van der Waals surface area contributed by atoms with Crippen LogP contribution >= 0.6 is 0 Å². The number of benzene rings is 1. The number of rotatable bonds is 3. The molecule has 1 aromatic carbocycles. The fraction of sp³-hybridized carbons (Fsp3) is 0.333. The number of ketones is 1. The molecule has 15 heavy (non-hydrogen) atoms. The fourth-order valence-corrected chi connectivity index (χ4v) is 1.46. The molecule has 0 unspecified atom stereocenters. The molecule has 0 N–H and O–H groups in total. The van der Waals surface area contributed by atoms with Crippen LogP contribution in [-0.2, 0) is 4.79 Å². The third-order valence-corrected chi connectivity index (χ3v) is 2.33. The fourth-order valence-electron chi connectivity index (χ4n) is 1.46. The molecule has 0 amide bonds. The Morgan fingerprint density at radius 2 is 2.07 bits per heavy atom. The van der Waals surface area contributed by atoms with E-state index in [4.69, 9.17) is 4.74 Å². The average Bonchev–Trinajstić information content (AvgIpc) is 2.99. The minimum Gasteiger partial charge on any atom is -0.427 e. The summed E-state index contributed by atoms with van der Waals surface area (Å²) in [5.74, 6) is 0.418. The first-order valence-corrected chi connectivity index (χ1v) is 4.99. The molecule has 0 heterocycles. The standard InChI is InChI=1S/C12H12O3/c1-8(13)15-11-4-2-3-10(7-11)12(14)9-5-6-9/h2-4,7,9H,5-6H2,1H3. The summed E-state index contributed by atoms with van der Waals surface area (Å²) in [5.41, 5.74) is 0.635. The lowest BCUT2D eigenvalue weighted by Crippen LogP contribution is -2.04. The van der Waals surface area contributed by atoms with Crippen LogP contribution < -0.4 is 4.74 Å². The summed E-state index contributed by atoms with van der Waals surface area (Å²) in [6.45, 7) is 1.34. The summed E-state index contributed by atoms with van der Waals surface area (Å²) in [6.07, 6.45) is 1.97. The van der Waals surface area contributed by atoms with E-state index in [-0.39, 0.29) is 17.7 Å². The Kier molecular flexibility index (Phi) is 2.54. The summed E-state index contributed by atoms with van der Waals surface area (Å²) >= 11 is 0. The van der Waals surface area contributed by atoms with E-state index < -0.39 is 0 Å². The Morgan fingerprint density at radius 1 is 1.33 bits per heavy atom. The van der Waals surface area contributed by atoms with Crippen LogP contribution in [0.5, 0.6) is 5.75 Å². The molecule has 2 rings (SSSR count). The minimum atomic E-state index is -0.369. The van der Waals surface area contributed by atoms with Crippen molar-refractivity contribution in [2.45, 2.75) is 19.8 Å². The van der Waals surface area contributed by atoms with Crippen LogP contribution in [0.3, 0.4) is 0 Å². The number of hydrogen-bond donors (Lipinski definition) is 0. The van der Waals surface area contributed by atoms with Crippen molar-refractivity contribution in [3.63, 3.8) is 0 Å². The van der Waals surface area contributed by atoms with Crippen molar-refractivity contribution >= 4 is 11.8 Å². The molecule has 0 saturated heterocycles. The van der Waals surface area contributed by atoms with Gasteiger partial charge in [-0.05, 0) is 25.0 Å². The van der Waals surface area contributed by atoms with E-state index in [1.807, 2.05) is 0 Å². The van der Waals surface area contributed by atoms with E-state index >= 15 is 0 Å². The lowest BCUT2D eigenvalue weighted by atomic mass is 10.1. The van der Waals surface area contributed by atoms with Crippen LogP contribution in [0.4, 0.5) is 0 Å². The van der Waals surface area contributed by atoms with Gasteiger partial charge in [-0.2, -0.15) is 0 Å². The third kappa shape index (κ3) is 2.43. The zero-order valence-electron chi connectivity index (χ0n) is 8.53. The molecule has 0 atom stereocenters. The van der Waals surface area contributed by atoms with Crippen LogP contribution in [-0.4, -0.2) is 11.8 Å². The predicted molar refractivity (Wildman–Crippen MR) is 54.8 cm³/mol. The number of Topliss-reactive ketones (excluding diaryl/α,β-unsaturated/α-hetero) is 1. The topological polar surface area (TPSA) is 43.4 Å². The van der Waals surface area contributed by atoms with E-state index in [0.717, 1.165) is 12.8 Å². The molecule has 0 radical (unpaired) electrons. The molecule has 3 heteroatoms. The maximum Gasteiger partial charge on any atom is 0.308 e. The van der Waals surface area contributed by atoms with Gasteiger partial charge in [0.05, 0.1) is 0 Å². The quantitative estimate of drug-likeness (QED) is 0.430. The van der Waals surface area contributed by atoms with Gasteiger partial charge in [0.25, 0.3) is 0 Å². The molecule has 0 bridgehead atoms. The second-order valence-corrected chi connectivity index (χ2v) is 3.76. The largest absolute Gasteiger partial charge is 0.427 e. The highest BCUT2D eigenvalue weighted by Crippen LogP contribution is 2.33. The summed E-state index contributed by atoms with van der Waals surface area (Å²) in [7, 11) is 0. The van der Waals surface area contributed by atoms with Gasteiger partial charge in [-0.3, -0.25) is 9.59 Å². The van der Waals surface area contributed by atoms with Gasteiger partial charge < -0.3 is 4.74 Å². The molecular formula is C12H12O3. The molecule has 3 nitrogen and oxygen atoms in total. The summed E-state index contributed by atoms with van der Waals surface area (Å²) < 4.78 is 4.91. The Balaban J connectivity index is 2.17. The molecule has 78 valence electrons. The maximum absolute atomic E-state index is 11.7. The van der Waals surface area contributed by atoms with E-state index in [1.54, 1.807) is 24.3 Å². The number of hydrogen-bond acceptors (Lipinski definition) is 3. The van der Waals surface area contributed by atoms with Gasteiger partial charge in [-0.1, -0.05) is 12.1 Å². The van der Waals surface area contributed by atoms with Gasteiger partial charge in [0.2, 0.25) is 0 Å². The molecule has 1 saturated carbocycles. The SMILES string of the molecule is CC(=O)Oc1cccc(C(=O)C2CC2)c1. The highest BCUT2D eigenvalue weighted by atomic mass is 16.5. The minimum absolute atomic E-state index is 0.156.